The van der Waals surface area contributed by atoms with Crippen molar-refractivity contribution in [1.29, 1.82) is 0 Å². The second-order valence-corrected chi connectivity index (χ2v) is 5.06. The van der Waals surface area contributed by atoms with Gasteiger partial charge in [-0.25, -0.2) is 4.39 Å². The van der Waals surface area contributed by atoms with Crippen LogP contribution in [0.2, 0.25) is 0 Å². The average Bonchev–Trinajstić information content (AvgIpc) is 2.01. The van der Waals surface area contributed by atoms with E-state index < -0.39 is 5.67 Å². The lowest BCUT2D eigenvalue weighted by Gasteiger charge is -2.40. The van der Waals surface area contributed by atoms with Gasteiger partial charge >= 0.3 is 0 Å². The van der Waals surface area contributed by atoms with Crippen LogP contribution < -0.4 is 0 Å². The zero-order chi connectivity index (χ0) is 10.8. The van der Waals surface area contributed by atoms with Gasteiger partial charge in [0, 0.05) is 19.1 Å². The number of halogens is 1. The molecule has 0 aromatic carbocycles. The summed E-state index contributed by atoms with van der Waals surface area (Å²) in [4.78, 5) is 4.19. The van der Waals surface area contributed by atoms with E-state index in [0.29, 0.717) is 25.6 Å². The highest BCUT2D eigenvalue weighted by Gasteiger charge is 2.36. The van der Waals surface area contributed by atoms with E-state index in [0.717, 1.165) is 13.0 Å². The Hall–Kier alpha value is -0.150. The molecular formula is C11H23FN2. The molecule has 1 saturated heterocycles. The molecule has 0 aromatic heterocycles. The molecule has 1 atom stereocenters. The SMILES string of the molecule is CC(C)N1CCCC(F)(CN(C)C)C1. The first-order valence-corrected chi connectivity index (χ1v) is 5.51. The number of nitrogens with zero attached hydrogens (tertiary/aromatic N) is 2. The summed E-state index contributed by atoms with van der Waals surface area (Å²) in [6.07, 6.45) is 1.71. The first kappa shape index (κ1) is 11.9. The van der Waals surface area contributed by atoms with E-state index in [2.05, 4.69) is 18.7 Å². The lowest BCUT2D eigenvalue weighted by atomic mass is 9.93. The van der Waals surface area contributed by atoms with Crippen molar-refractivity contribution in [2.75, 3.05) is 33.7 Å². The monoisotopic (exact) mass is 202 g/mol. The van der Waals surface area contributed by atoms with Gasteiger partial charge in [0.25, 0.3) is 0 Å². The highest BCUT2D eigenvalue weighted by atomic mass is 19.1. The van der Waals surface area contributed by atoms with Crippen LogP contribution in [0.1, 0.15) is 26.7 Å². The van der Waals surface area contributed by atoms with Crippen LogP contribution in [0.5, 0.6) is 0 Å². The Kier molecular flexibility index (Phi) is 3.90. The molecule has 0 radical (unpaired) electrons. The molecule has 1 fully saturated rings. The predicted octanol–water partition coefficient (Wildman–Crippen LogP) is 1.76. The Balaban J connectivity index is 2.53. The van der Waals surface area contributed by atoms with Crippen LogP contribution in [0.4, 0.5) is 4.39 Å². The summed E-state index contributed by atoms with van der Waals surface area (Å²) in [6.45, 7) is 6.48. The summed E-state index contributed by atoms with van der Waals surface area (Å²) in [6, 6.07) is 0.465. The lowest BCUT2D eigenvalue weighted by molar-refractivity contribution is 0.0122. The van der Waals surface area contributed by atoms with Gasteiger partial charge in [0.15, 0.2) is 0 Å². The molecule has 0 saturated carbocycles. The Morgan fingerprint density at radius 3 is 2.57 bits per heavy atom. The number of alkyl halides is 1. The zero-order valence-electron chi connectivity index (χ0n) is 9.89. The van der Waals surface area contributed by atoms with Gasteiger partial charge in [0.2, 0.25) is 0 Å². The van der Waals surface area contributed by atoms with Gasteiger partial charge < -0.3 is 4.90 Å². The van der Waals surface area contributed by atoms with E-state index in [1.54, 1.807) is 0 Å². The van der Waals surface area contributed by atoms with Crippen molar-refractivity contribution in [1.82, 2.24) is 9.80 Å². The molecule has 2 nitrogen and oxygen atoms in total. The Morgan fingerprint density at radius 2 is 2.07 bits per heavy atom. The van der Waals surface area contributed by atoms with Gasteiger partial charge in [0.1, 0.15) is 5.67 Å². The Morgan fingerprint density at radius 1 is 1.43 bits per heavy atom. The van der Waals surface area contributed by atoms with Gasteiger partial charge in [-0.3, -0.25) is 4.90 Å². The summed E-state index contributed by atoms with van der Waals surface area (Å²) in [5, 5.41) is 0. The fraction of sp³-hybridized carbons (Fsp3) is 1.00. The second kappa shape index (κ2) is 4.58. The Labute approximate surface area is 87.1 Å². The van der Waals surface area contributed by atoms with Crippen LogP contribution in [-0.2, 0) is 0 Å². The molecule has 0 N–H and O–H groups in total. The molecule has 0 bridgehead atoms. The van der Waals surface area contributed by atoms with Crippen LogP contribution in [0.25, 0.3) is 0 Å². The lowest BCUT2D eigenvalue weighted by Crippen LogP contribution is -2.52. The third-order valence-electron chi connectivity index (χ3n) is 2.89. The highest BCUT2D eigenvalue weighted by Crippen LogP contribution is 2.26. The van der Waals surface area contributed by atoms with Crippen molar-refractivity contribution in [3.63, 3.8) is 0 Å². The molecule has 1 aliphatic heterocycles. The molecule has 1 rings (SSSR count). The van der Waals surface area contributed by atoms with Gasteiger partial charge in [-0.1, -0.05) is 0 Å². The van der Waals surface area contributed by atoms with Crippen molar-refractivity contribution < 1.29 is 4.39 Å². The number of likely N-dealkylation sites (tertiary alicyclic amines) is 1. The molecule has 1 unspecified atom stereocenters. The largest absolute Gasteiger partial charge is 0.306 e. The second-order valence-electron chi connectivity index (χ2n) is 5.06. The summed E-state index contributed by atoms with van der Waals surface area (Å²) in [5.41, 5.74) is -0.994. The maximum atomic E-state index is 14.4. The Bertz CT molecular complexity index is 182. The standard InChI is InChI=1S/C11H23FN2/c1-10(2)14-7-5-6-11(12,9-14)8-13(3)4/h10H,5-9H2,1-4H3. The molecule has 0 amide bonds. The van der Waals surface area contributed by atoms with Crippen LogP contribution in [-0.4, -0.2) is 55.2 Å². The molecule has 1 heterocycles. The fourth-order valence-corrected chi connectivity index (χ4v) is 2.26. The maximum Gasteiger partial charge on any atom is 0.136 e. The first-order valence-electron chi connectivity index (χ1n) is 5.51. The van der Waals surface area contributed by atoms with Crippen molar-refractivity contribution >= 4 is 0 Å². The van der Waals surface area contributed by atoms with Crippen molar-refractivity contribution in [3.05, 3.63) is 0 Å². The van der Waals surface area contributed by atoms with Gasteiger partial charge in [-0.15, -0.1) is 0 Å². The fourth-order valence-electron chi connectivity index (χ4n) is 2.26. The maximum absolute atomic E-state index is 14.4. The first-order chi connectivity index (χ1) is 6.43. The number of hydrogen-bond acceptors (Lipinski definition) is 2. The number of hydrogen-bond donors (Lipinski definition) is 0. The minimum Gasteiger partial charge on any atom is -0.306 e. The quantitative estimate of drug-likeness (QED) is 0.688. The van der Waals surface area contributed by atoms with E-state index in [1.165, 1.54) is 0 Å². The third kappa shape index (κ3) is 3.21. The molecule has 1 aliphatic rings. The summed E-state index contributed by atoms with van der Waals surface area (Å²) in [7, 11) is 3.88. The molecule has 3 heteroatoms. The van der Waals surface area contributed by atoms with Crippen LogP contribution in [0.15, 0.2) is 0 Å². The summed E-state index contributed by atoms with van der Waals surface area (Å²) < 4.78 is 14.4. The molecule has 84 valence electrons. The van der Waals surface area contributed by atoms with Gasteiger partial charge in [-0.2, -0.15) is 0 Å². The highest BCUT2D eigenvalue weighted by molar-refractivity contribution is 4.90. The van der Waals surface area contributed by atoms with E-state index in [1.807, 2.05) is 19.0 Å². The third-order valence-corrected chi connectivity index (χ3v) is 2.89. The molecule has 0 spiro atoms. The minimum atomic E-state index is -0.994. The van der Waals surface area contributed by atoms with Crippen molar-refractivity contribution in [2.45, 2.75) is 38.4 Å². The van der Waals surface area contributed by atoms with Crippen molar-refractivity contribution in [3.8, 4) is 0 Å². The van der Waals surface area contributed by atoms with Crippen LogP contribution >= 0.6 is 0 Å². The molecular weight excluding hydrogens is 179 g/mol. The minimum absolute atomic E-state index is 0.465. The number of piperidine rings is 1. The van der Waals surface area contributed by atoms with Crippen LogP contribution in [0, 0.1) is 0 Å². The van der Waals surface area contributed by atoms with E-state index in [4.69, 9.17) is 0 Å². The van der Waals surface area contributed by atoms with E-state index in [9.17, 15) is 4.39 Å². The molecule has 14 heavy (non-hydrogen) atoms. The normalized spacial score (nSPS) is 30.2. The van der Waals surface area contributed by atoms with Gasteiger partial charge in [-0.05, 0) is 47.3 Å². The average molecular weight is 202 g/mol. The zero-order valence-corrected chi connectivity index (χ0v) is 9.89. The van der Waals surface area contributed by atoms with Crippen molar-refractivity contribution in [2.24, 2.45) is 0 Å². The molecule has 0 aliphatic carbocycles. The summed E-state index contributed by atoms with van der Waals surface area (Å²) in [5.74, 6) is 0. The van der Waals surface area contributed by atoms with E-state index >= 15 is 0 Å². The predicted molar refractivity (Wildman–Crippen MR) is 58.3 cm³/mol. The summed E-state index contributed by atoms with van der Waals surface area (Å²) >= 11 is 0. The number of rotatable bonds is 3. The van der Waals surface area contributed by atoms with Crippen LogP contribution in [0.3, 0.4) is 0 Å². The van der Waals surface area contributed by atoms with Gasteiger partial charge in [0.05, 0.1) is 0 Å². The van der Waals surface area contributed by atoms with E-state index in [-0.39, 0.29) is 0 Å². The molecule has 0 aromatic rings. The smallest absolute Gasteiger partial charge is 0.136 e. The topological polar surface area (TPSA) is 6.48 Å².